The van der Waals surface area contributed by atoms with Crippen molar-refractivity contribution in [2.24, 2.45) is 82.9 Å². The monoisotopic (exact) mass is 333 g/mol. The maximum Gasteiger partial charge on any atom is 0.0661 e. The third kappa shape index (κ3) is 1.17. The topological polar surface area (TPSA) is 33.0 Å². The van der Waals surface area contributed by atoms with Crippen molar-refractivity contribution in [3.8, 4) is 6.07 Å². The van der Waals surface area contributed by atoms with Gasteiger partial charge in [0, 0.05) is 0 Å². The van der Waals surface area contributed by atoms with Gasteiger partial charge in [-0.2, -0.15) is 5.26 Å². The first-order chi connectivity index (χ1) is 12.3. The molecule has 0 radical (unpaired) electrons. The lowest BCUT2D eigenvalue weighted by molar-refractivity contribution is 0.00512. The molecule has 7 fully saturated rings. The number of nitrogens with zero attached hydrogens (tertiary/aromatic N) is 1. The highest BCUT2D eigenvalue weighted by molar-refractivity contribution is 5.28. The van der Waals surface area contributed by atoms with E-state index >= 15 is 0 Å². The molecule has 0 amide bonds. The third-order valence-corrected chi connectivity index (χ3v) is 11.2. The Morgan fingerprint density at radius 2 is 1.32 bits per heavy atom. The van der Waals surface area contributed by atoms with E-state index in [1.54, 1.807) is 0 Å². The van der Waals surface area contributed by atoms with E-state index < -0.39 is 0 Å². The molecule has 0 aromatic heterocycles. The van der Waals surface area contributed by atoms with Gasteiger partial charge in [-0.25, -0.2) is 0 Å². The van der Waals surface area contributed by atoms with E-state index in [0.717, 1.165) is 65.1 Å². The molecule has 0 aromatic rings. The summed E-state index contributed by atoms with van der Waals surface area (Å²) in [6.07, 6.45) is 10.6. The molecule has 25 heavy (non-hydrogen) atoms. The summed E-state index contributed by atoms with van der Waals surface area (Å²) in [5, 5.41) is 9.74. The number of allylic oxidation sites excluding steroid dienone is 2. The molecule has 2 heterocycles. The average Bonchev–Trinajstić information content (AvgIpc) is 3.45. The highest BCUT2D eigenvalue weighted by Crippen LogP contribution is 2.78. The summed E-state index contributed by atoms with van der Waals surface area (Å²) in [5.74, 6) is 11.6. The highest BCUT2D eigenvalue weighted by Gasteiger charge is 2.77. The second-order valence-electron chi connectivity index (χ2n) is 11.1. The molecule has 0 N–H and O–H groups in total. The molecule has 16 unspecified atom stereocenters. The van der Waals surface area contributed by atoms with Crippen LogP contribution in [0.15, 0.2) is 12.2 Å². The summed E-state index contributed by atoms with van der Waals surface area (Å²) < 4.78 is 6.84. The van der Waals surface area contributed by atoms with Crippen molar-refractivity contribution in [1.82, 2.24) is 0 Å². The van der Waals surface area contributed by atoms with E-state index in [1.807, 2.05) is 0 Å². The number of hydrogen-bond donors (Lipinski definition) is 0. The fraction of sp³-hybridized carbons (Fsp3) is 0.870. The number of rotatable bonds is 0. The molecule has 8 bridgehead atoms. The first-order valence-electron chi connectivity index (χ1n) is 11.0. The lowest BCUT2D eigenvalue weighted by atomic mass is 9.53. The lowest BCUT2D eigenvalue weighted by Crippen LogP contribution is -2.51. The summed E-state index contributed by atoms with van der Waals surface area (Å²) in [6, 6.07) is 2.71. The van der Waals surface area contributed by atoms with E-state index in [2.05, 4.69) is 25.1 Å². The first-order valence-corrected chi connectivity index (χ1v) is 11.0. The summed E-state index contributed by atoms with van der Waals surface area (Å²) in [5.41, 5.74) is 0. The predicted octanol–water partition coefficient (Wildman–Crippen LogP) is 3.75. The van der Waals surface area contributed by atoms with E-state index in [9.17, 15) is 5.26 Å². The van der Waals surface area contributed by atoms with Gasteiger partial charge < -0.3 is 4.74 Å². The van der Waals surface area contributed by atoms with Gasteiger partial charge in [0.25, 0.3) is 0 Å². The Hall–Kier alpha value is -0.810. The molecule has 130 valence electrons. The van der Waals surface area contributed by atoms with Crippen molar-refractivity contribution in [2.75, 3.05) is 0 Å². The molecule has 2 nitrogen and oxygen atoms in total. The zero-order valence-electron chi connectivity index (χ0n) is 14.9. The van der Waals surface area contributed by atoms with Crippen molar-refractivity contribution in [3.05, 3.63) is 12.2 Å². The normalized spacial score (nSPS) is 74.6. The minimum Gasteiger partial charge on any atom is -0.374 e. The molecule has 8 aliphatic rings. The van der Waals surface area contributed by atoms with Crippen LogP contribution in [0.2, 0.25) is 0 Å². The number of ether oxygens (including phenoxy) is 1. The zero-order chi connectivity index (χ0) is 16.2. The van der Waals surface area contributed by atoms with Crippen molar-refractivity contribution in [2.45, 2.75) is 38.4 Å². The van der Waals surface area contributed by atoms with Gasteiger partial charge >= 0.3 is 0 Å². The largest absolute Gasteiger partial charge is 0.374 e. The standard InChI is InChI=1S/C23H27NO/c1-8-11-5-12(15(8)7-24)19-18(11)22-20-13-6-14(21(20)23(19)25-22)17-10-3-2-9(4-10)16(13)17/h2-3,8-23H,4-6H2,1H3. The molecular formula is C23H27NO. The number of hydrogen-bond acceptors (Lipinski definition) is 2. The molecule has 5 saturated carbocycles. The number of fused-ring (bicyclic) bond motifs is 23. The van der Waals surface area contributed by atoms with Crippen molar-refractivity contribution >= 4 is 0 Å². The summed E-state index contributed by atoms with van der Waals surface area (Å²) >= 11 is 0. The fourth-order valence-electron chi connectivity index (χ4n) is 11.1. The van der Waals surface area contributed by atoms with E-state index in [4.69, 9.17) is 4.74 Å². The van der Waals surface area contributed by atoms with Gasteiger partial charge in [-0.1, -0.05) is 19.1 Å². The minimum atomic E-state index is 0.324. The van der Waals surface area contributed by atoms with Crippen LogP contribution in [0, 0.1) is 94.2 Å². The Morgan fingerprint density at radius 1 is 0.760 bits per heavy atom. The Balaban J connectivity index is 1.22. The van der Waals surface area contributed by atoms with Gasteiger partial charge in [-0.05, 0) is 96.2 Å². The Labute approximate surface area is 150 Å². The van der Waals surface area contributed by atoms with Crippen LogP contribution < -0.4 is 0 Å². The molecule has 2 heteroatoms. The van der Waals surface area contributed by atoms with E-state index in [-0.39, 0.29) is 0 Å². The second-order valence-corrected chi connectivity index (χ2v) is 11.1. The third-order valence-electron chi connectivity index (χ3n) is 11.2. The lowest BCUT2D eigenvalue weighted by Gasteiger charge is -2.48. The van der Waals surface area contributed by atoms with Gasteiger partial charge in [0.1, 0.15) is 0 Å². The van der Waals surface area contributed by atoms with Gasteiger partial charge in [0.05, 0.1) is 24.2 Å². The molecule has 8 rings (SSSR count). The van der Waals surface area contributed by atoms with Crippen LogP contribution in [0.5, 0.6) is 0 Å². The molecule has 16 atom stereocenters. The number of nitriles is 1. The summed E-state index contributed by atoms with van der Waals surface area (Å²) in [6.45, 7) is 2.37. The van der Waals surface area contributed by atoms with Crippen LogP contribution in [0.1, 0.15) is 26.2 Å². The van der Waals surface area contributed by atoms with Gasteiger partial charge in [0.2, 0.25) is 0 Å². The predicted molar refractivity (Wildman–Crippen MR) is 91.8 cm³/mol. The molecule has 2 aliphatic heterocycles. The van der Waals surface area contributed by atoms with Gasteiger partial charge in [0.15, 0.2) is 0 Å². The fourth-order valence-corrected chi connectivity index (χ4v) is 11.1. The smallest absolute Gasteiger partial charge is 0.0661 e. The molecule has 0 spiro atoms. The Bertz CT molecular complexity index is 752. The van der Waals surface area contributed by atoms with Crippen LogP contribution in [0.25, 0.3) is 0 Å². The summed E-state index contributed by atoms with van der Waals surface area (Å²) in [7, 11) is 0. The van der Waals surface area contributed by atoms with Gasteiger partial charge in [-0.3, -0.25) is 0 Å². The average molecular weight is 333 g/mol. The van der Waals surface area contributed by atoms with Crippen LogP contribution >= 0.6 is 0 Å². The van der Waals surface area contributed by atoms with Gasteiger partial charge in [-0.15, -0.1) is 0 Å². The van der Waals surface area contributed by atoms with Crippen molar-refractivity contribution < 1.29 is 4.74 Å². The van der Waals surface area contributed by atoms with Crippen LogP contribution in [-0.2, 0) is 4.74 Å². The van der Waals surface area contributed by atoms with Crippen LogP contribution in [0.3, 0.4) is 0 Å². The molecule has 2 saturated heterocycles. The highest BCUT2D eigenvalue weighted by atomic mass is 16.5. The first kappa shape index (κ1) is 13.4. The van der Waals surface area contributed by atoms with Crippen LogP contribution in [-0.4, -0.2) is 12.2 Å². The molecule has 0 aromatic carbocycles. The van der Waals surface area contributed by atoms with Crippen LogP contribution in [0.4, 0.5) is 0 Å². The molecular weight excluding hydrogens is 306 g/mol. The van der Waals surface area contributed by atoms with Crippen molar-refractivity contribution in [3.63, 3.8) is 0 Å². The quantitative estimate of drug-likeness (QED) is 0.500. The SMILES string of the molecule is CC1C(C#N)C2CC1C1C3OC(C21)C1C2CC(C4C5C=CC(C5)C24)C31. The van der Waals surface area contributed by atoms with E-state index in [0.29, 0.717) is 30.0 Å². The maximum absolute atomic E-state index is 9.74. The minimum absolute atomic E-state index is 0.324. The zero-order valence-corrected chi connectivity index (χ0v) is 14.9. The summed E-state index contributed by atoms with van der Waals surface area (Å²) in [4.78, 5) is 0. The Kier molecular flexibility index (Phi) is 2.08. The van der Waals surface area contributed by atoms with E-state index in [1.165, 1.54) is 19.3 Å². The van der Waals surface area contributed by atoms with Crippen molar-refractivity contribution in [1.29, 1.82) is 5.26 Å². The molecule has 6 aliphatic carbocycles. The Morgan fingerprint density at radius 3 is 1.96 bits per heavy atom. The second kappa shape index (κ2) is 3.89. The maximum atomic E-state index is 9.74.